The van der Waals surface area contributed by atoms with E-state index in [-0.39, 0.29) is 18.3 Å². The minimum Gasteiger partial charge on any atom is -0.459 e. The van der Waals surface area contributed by atoms with Crippen LogP contribution in [0.5, 0.6) is 0 Å². The second-order valence-corrected chi connectivity index (χ2v) is 7.74. The van der Waals surface area contributed by atoms with E-state index in [4.69, 9.17) is 14.1 Å². The van der Waals surface area contributed by atoms with Gasteiger partial charge in [0, 0.05) is 26.2 Å². The fraction of sp³-hybridized carbons (Fsp3) is 0.400. The summed E-state index contributed by atoms with van der Waals surface area (Å²) in [6.07, 6.45) is 1.53. The van der Waals surface area contributed by atoms with Crippen LogP contribution >= 0.6 is 23.7 Å². The molecule has 1 aromatic carbocycles. The summed E-state index contributed by atoms with van der Waals surface area (Å²) in [5.74, 6) is 0.187. The summed E-state index contributed by atoms with van der Waals surface area (Å²) in [4.78, 5) is 22.0. The van der Waals surface area contributed by atoms with Crippen LogP contribution in [-0.2, 0) is 4.74 Å². The summed E-state index contributed by atoms with van der Waals surface area (Å²) in [6, 6.07) is 7.62. The fourth-order valence-corrected chi connectivity index (χ4v) is 4.38. The molecular weight excluding hydrogens is 398 g/mol. The third-order valence-electron chi connectivity index (χ3n) is 4.88. The number of morpholine rings is 1. The Morgan fingerprint density at radius 3 is 2.64 bits per heavy atom. The lowest BCUT2D eigenvalue weighted by atomic mass is 10.1. The molecule has 2 aromatic heterocycles. The number of fused-ring (bicyclic) bond motifs is 1. The molecule has 0 spiro atoms. The average molecular weight is 422 g/mol. The first-order chi connectivity index (χ1) is 13.1. The number of amides is 1. The van der Waals surface area contributed by atoms with Crippen molar-refractivity contribution in [2.75, 3.05) is 44.3 Å². The quantitative estimate of drug-likeness (QED) is 0.625. The number of carbonyl (C=O) groups excluding carboxylic acids is 1. The van der Waals surface area contributed by atoms with Gasteiger partial charge in [0.1, 0.15) is 0 Å². The van der Waals surface area contributed by atoms with E-state index >= 15 is 0 Å². The topological polar surface area (TPSA) is 58.8 Å². The van der Waals surface area contributed by atoms with Crippen LogP contribution in [0.3, 0.4) is 0 Å². The Bertz CT molecular complexity index is 897. The van der Waals surface area contributed by atoms with E-state index in [1.54, 1.807) is 28.4 Å². The van der Waals surface area contributed by atoms with E-state index in [2.05, 4.69) is 30.9 Å². The smallest absolute Gasteiger partial charge is 0.295 e. The highest BCUT2D eigenvalue weighted by Gasteiger charge is 2.25. The maximum atomic E-state index is 13.1. The predicted molar refractivity (Wildman–Crippen MR) is 114 cm³/mol. The summed E-state index contributed by atoms with van der Waals surface area (Å²) < 4.78 is 11.9. The highest BCUT2D eigenvalue weighted by Crippen LogP contribution is 2.33. The number of hydrogen-bond donors (Lipinski definition) is 0. The minimum absolute atomic E-state index is 0. The zero-order valence-corrected chi connectivity index (χ0v) is 17.6. The Morgan fingerprint density at radius 1 is 1.21 bits per heavy atom. The highest BCUT2D eigenvalue weighted by atomic mass is 35.5. The monoisotopic (exact) mass is 421 g/mol. The summed E-state index contributed by atoms with van der Waals surface area (Å²) in [5, 5.41) is 0.719. The maximum Gasteiger partial charge on any atom is 0.295 e. The largest absolute Gasteiger partial charge is 0.459 e. The van der Waals surface area contributed by atoms with Crippen LogP contribution < -0.4 is 4.90 Å². The second-order valence-electron chi connectivity index (χ2n) is 6.76. The number of anilines is 1. The van der Waals surface area contributed by atoms with E-state index in [9.17, 15) is 4.79 Å². The molecule has 3 aromatic rings. The van der Waals surface area contributed by atoms with E-state index < -0.39 is 0 Å². The van der Waals surface area contributed by atoms with Gasteiger partial charge >= 0.3 is 0 Å². The third-order valence-corrected chi connectivity index (χ3v) is 6.10. The van der Waals surface area contributed by atoms with Crippen LogP contribution in [0.4, 0.5) is 5.13 Å². The number of benzene rings is 1. The van der Waals surface area contributed by atoms with Crippen LogP contribution in [0.2, 0.25) is 0 Å². The van der Waals surface area contributed by atoms with Gasteiger partial charge in [-0.1, -0.05) is 23.5 Å². The number of carbonyl (C=O) groups is 1. The standard InChI is InChI=1S/C20H23N3O3S.ClH/c1-14-5-6-15(2)18-17(14)21-20(27-18)23(19(24)16-4-3-11-26-16)8-7-22-9-12-25-13-10-22;/h3-6,11H,7-10,12-13H2,1-2H3;1H. The molecular formula is C20H24ClN3O3S. The minimum atomic E-state index is -0.150. The van der Waals surface area contributed by atoms with Crippen molar-refractivity contribution in [3.63, 3.8) is 0 Å². The maximum absolute atomic E-state index is 13.1. The number of hydrogen-bond acceptors (Lipinski definition) is 6. The zero-order valence-electron chi connectivity index (χ0n) is 16.0. The van der Waals surface area contributed by atoms with Crippen molar-refractivity contribution in [2.45, 2.75) is 13.8 Å². The summed E-state index contributed by atoms with van der Waals surface area (Å²) in [6.45, 7) is 8.74. The molecule has 0 N–H and O–H groups in total. The van der Waals surface area contributed by atoms with Crippen molar-refractivity contribution >= 4 is 45.0 Å². The molecule has 0 atom stereocenters. The van der Waals surface area contributed by atoms with Crippen molar-refractivity contribution in [3.8, 4) is 0 Å². The molecule has 8 heteroatoms. The van der Waals surface area contributed by atoms with Crippen LogP contribution in [0.15, 0.2) is 34.9 Å². The number of nitrogens with zero attached hydrogens (tertiary/aromatic N) is 3. The average Bonchev–Trinajstić information content (AvgIpc) is 3.36. The second kappa shape index (κ2) is 9.05. The van der Waals surface area contributed by atoms with Crippen molar-refractivity contribution < 1.29 is 13.9 Å². The first kappa shape index (κ1) is 20.8. The summed E-state index contributed by atoms with van der Waals surface area (Å²) in [5.41, 5.74) is 3.27. The van der Waals surface area contributed by atoms with E-state index in [0.29, 0.717) is 12.3 Å². The normalized spacial score (nSPS) is 14.8. The molecule has 1 aliphatic heterocycles. The lowest BCUT2D eigenvalue weighted by molar-refractivity contribution is 0.0390. The Labute approximate surface area is 174 Å². The number of thiazole rings is 1. The molecule has 150 valence electrons. The molecule has 28 heavy (non-hydrogen) atoms. The Hall–Kier alpha value is -1.93. The summed E-state index contributed by atoms with van der Waals surface area (Å²) in [7, 11) is 0. The van der Waals surface area contributed by atoms with Gasteiger partial charge in [-0.3, -0.25) is 14.6 Å². The molecule has 0 saturated carbocycles. The van der Waals surface area contributed by atoms with Gasteiger partial charge < -0.3 is 9.15 Å². The van der Waals surface area contributed by atoms with E-state index in [1.165, 1.54) is 11.8 Å². The third kappa shape index (κ3) is 4.22. The fourth-order valence-electron chi connectivity index (χ4n) is 3.25. The number of aryl methyl sites for hydroxylation is 2. The van der Waals surface area contributed by atoms with Gasteiger partial charge in [-0.2, -0.15) is 0 Å². The molecule has 1 amide bonds. The molecule has 4 rings (SSSR count). The van der Waals surface area contributed by atoms with E-state index in [0.717, 1.165) is 53.8 Å². The lowest BCUT2D eigenvalue weighted by Crippen LogP contribution is -2.43. The molecule has 0 unspecified atom stereocenters. The van der Waals surface area contributed by atoms with Gasteiger partial charge in [0.05, 0.1) is 29.7 Å². The van der Waals surface area contributed by atoms with Gasteiger partial charge in [0.25, 0.3) is 5.91 Å². The number of rotatable bonds is 5. The Morgan fingerprint density at radius 2 is 1.96 bits per heavy atom. The first-order valence-electron chi connectivity index (χ1n) is 9.15. The molecule has 1 fully saturated rings. The van der Waals surface area contributed by atoms with Crippen molar-refractivity contribution in [2.24, 2.45) is 0 Å². The molecule has 0 radical (unpaired) electrons. The van der Waals surface area contributed by atoms with Crippen molar-refractivity contribution in [1.29, 1.82) is 0 Å². The first-order valence-corrected chi connectivity index (χ1v) is 9.97. The Balaban J connectivity index is 0.00000225. The van der Waals surface area contributed by atoms with Gasteiger partial charge in [0.2, 0.25) is 0 Å². The van der Waals surface area contributed by atoms with Gasteiger partial charge in [-0.15, -0.1) is 12.4 Å². The molecule has 6 nitrogen and oxygen atoms in total. The SMILES string of the molecule is Cc1ccc(C)c2sc(N(CCN3CCOCC3)C(=O)c3ccco3)nc12.Cl. The van der Waals surface area contributed by atoms with Crippen LogP contribution in [-0.4, -0.2) is 55.2 Å². The zero-order chi connectivity index (χ0) is 18.8. The molecule has 1 aliphatic rings. The lowest BCUT2D eigenvalue weighted by Gasteiger charge is -2.28. The van der Waals surface area contributed by atoms with E-state index in [1.807, 2.05) is 0 Å². The number of furan rings is 1. The molecule has 0 bridgehead atoms. The molecule has 3 heterocycles. The van der Waals surface area contributed by atoms with Gasteiger partial charge in [-0.05, 0) is 37.1 Å². The van der Waals surface area contributed by atoms with Crippen molar-refractivity contribution in [1.82, 2.24) is 9.88 Å². The number of aromatic nitrogens is 1. The predicted octanol–water partition coefficient (Wildman–Crippen LogP) is 3.91. The molecule has 0 aliphatic carbocycles. The van der Waals surface area contributed by atoms with Gasteiger partial charge in [-0.25, -0.2) is 4.98 Å². The van der Waals surface area contributed by atoms with Crippen LogP contribution in [0.25, 0.3) is 10.2 Å². The Kier molecular flexibility index (Phi) is 6.72. The van der Waals surface area contributed by atoms with Crippen LogP contribution in [0.1, 0.15) is 21.7 Å². The highest BCUT2D eigenvalue weighted by molar-refractivity contribution is 7.22. The van der Waals surface area contributed by atoms with Gasteiger partial charge in [0.15, 0.2) is 10.9 Å². The summed E-state index contributed by atoms with van der Waals surface area (Å²) >= 11 is 1.57. The number of halogens is 1. The number of ether oxygens (including phenoxy) is 1. The van der Waals surface area contributed by atoms with Crippen molar-refractivity contribution in [3.05, 3.63) is 47.4 Å². The molecule has 1 saturated heterocycles. The van der Waals surface area contributed by atoms with Crippen LogP contribution in [0, 0.1) is 13.8 Å².